The van der Waals surface area contributed by atoms with Crippen molar-refractivity contribution in [3.05, 3.63) is 34.5 Å². The molecule has 3 aliphatic heterocycles. The van der Waals surface area contributed by atoms with Gasteiger partial charge in [-0.15, -0.1) is 11.3 Å². The monoisotopic (exact) mass is 373 g/mol. The highest BCUT2D eigenvalue weighted by atomic mass is 32.1. The van der Waals surface area contributed by atoms with Gasteiger partial charge in [0, 0.05) is 43.7 Å². The Labute approximate surface area is 156 Å². The Balaban J connectivity index is 1.41. The van der Waals surface area contributed by atoms with Crippen LogP contribution in [0.15, 0.2) is 23.3 Å². The number of hydrogen-bond donors (Lipinski definition) is 0. The van der Waals surface area contributed by atoms with E-state index in [0.29, 0.717) is 32.6 Å². The van der Waals surface area contributed by atoms with Crippen molar-refractivity contribution in [3.63, 3.8) is 0 Å². The van der Waals surface area contributed by atoms with Crippen LogP contribution < -0.4 is 0 Å². The summed E-state index contributed by atoms with van der Waals surface area (Å²) < 4.78 is 1.80. The van der Waals surface area contributed by atoms with Gasteiger partial charge in [-0.2, -0.15) is 5.10 Å². The highest BCUT2D eigenvalue weighted by Crippen LogP contribution is 2.30. The Bertz CT molecular complexity index is 787. The summed E-state index contributed by atoms with van der Waals surface area (Å²) in [6.07, 6.45) is 5.99. The van der Waals surface area contributed by atoms with Gasteiger partial charge in [0.05, 0.1) is 29.9 Å². The van der Waals surface area contributed by atoms with Crippen LogP contribution in [0.3, 0.4) is 0 Å². The number of thiazole rings is 1. The van der Waals surface area contributed by atoms with E-state index in [9.17, 15) is 9.59 Å². The summed E-state index contributed by atoms with van der Waals surface area (Å²) in [5, 5.41) is 6.22. The second-order valence-corrected chi connectivity index (χ2v) is 7.92. The van der Waals surface area contributed by atoms with Crippen LogP contribution in [0.1, 0.15) is 30.5 Å². The van der Waals surface area contributed by atoms with Crippen LogP contribution in [0.4, 0.5) is 0 Å². The average molecular weight is 373 g/mol. The predicted molar refractivity (Wildman–Crippen MR) is 97.3 cm³/mol. The zero-order valence-corrected chi connectivity index (χ0v) is 15.7. The largest absolute Gasteiger partial charge is 0.340 e. The molecule has 138 valence electrons. The molecule has 8 heteroatoms. The zero-order valence-electron chi connectivity index (χ0n) is 14.9. The molecular formula is C18H23N5O2S. The number of hydrogen-bond acceptors (Lipinski definition) is 5. The molecule has 7 nitrogen and oxygen atoms in total. The molecule has 0 radical (unpaired) electrons. The first-order valence-corrected chi connectivity index (χ1v) is 9.99. The van der Waals surface area contributed by atoms with Crippen molar-refractivity contribution >= 4 is 23.2 Å². The van der Waals surface area contributed by atoms with Crippen molar-refractivity contribution in [2.45, 2.75) is 45.3 Å². The number of aryl methyl sites for hydroxylation is 2. The molecule has 2 bridgehead atoms. The van der Waals surface area contributed by atoms with Crippen molar-refractivity contribution in [2.75, 3.05) is 13.1 Å². The molecule has 2 aromatic heterocycles. The molecule has 2 atom stereocenters. The fourth-order valence-electron chi connectivity index (χ4n) is 3.90. The van der Waals surface area contributed by atoms with Gasteiger partial charge in [0.2, 0.25) is 11.8 Å². The molecule has 0 N–H and O–H groups in total. The molecule has 26 heavy (non-hydrogen) atoms. The van der Waals surface area contributed by atoms with Gasteiger partial charge in [0.25, 0.3) is 0 Å². The molecule has 3 fully saturated rings. The molecule has 3 saturated heterocycles. The van der Waals surface area contributed by atoms with E-state index < -0.39 is 0 Å². The maximum absolute atomic E-state index is 12.8. The molecule has 0 spiro atoms. The zero-order chi connectivity index (χ0) is 18.1. The summed E-state index contributed by atoms with van der Waals surface area (Å²) >= 11 is 1.54. The van der Waals surface area contributed by atoms with Gasteiger partial charge in [0.15, 0.2) is 0 Å². The van der Waals surface area contributed by atoms with E-state index in [1.807, 2.05) is 28.3 Å². The highest BCUT2D eigenvalue weighted by molar-refractivity contribution is 7.07. The summed E-state index contributed by atoms with van der Waals surface area (Å²) in [4.78, 5) is 33.7. The van der Waals surface area contributed by atoms with Gasteiger partial charge in [-0.05, 0) is 25.3 Å². The lowest BCUT2D eigenvalue weighted by atomic mass is 9.94. The van der Waals surface area contributed by atoms with Gasteiger partial charge < -0.3 is 9.80 Å². The van der Waals surface area contributed by atoms with Gasteiger partial charge in [-0.25, -0.2) is 4.98 Å². The number of amides is 2. The lowest BCUT2D eigenvalue weighted by Gasteiger charge is -2.35. The number of rotatable bonds is 5. The maximum atomic E-state index is 12.8. The minimum Gasteiger partial charge on any atom is -0.340 e. The van der Waals surface area contributed by atoms with Crippen LogP contribution in [0.25, 0.3) is 0 Å². The molecule has 5 rings (SSSR count). The van der Waals surface area contributed by atoms with E-state index in [4.69, 9.17) is 0 Å². The number of piperidine rings is 1. The third-order valence-corrected chi connectivity index (χ3v) is 5.91. The van der Waals surface area contributed by atoms with Gasteiger partial charge in [-0.1, -0.05) is 0 Å². The highest BCUT2D eigenvalue weighted by Gasteiger charge is 2.41. The molecule has 0 unspecified atom stereocenters. The number of carbonyl (C=O) groups is 2. The Morgan fingerprint density at radius 1 is 1.35 bits per heavy atom. The molecule has 0 aliphatic carbocycles. The number of aromatic nitrogens is 3. The Morgan fingerprint density at radius 3 is 2.96 bits per heavy atom. The smallest absolute Gasteiger partial charge is 0.228 e. The standard InChI is InChI=1S/C18H23N5O2S/c1-13-6-20-22(7-13)5-4-17(24)21-8-14-2-3-16(10-21)23(18(14)25)9-15-11-26-12-19-15/h6-7,11-12,14,16H,2-5,8-10H2,1H3/t14-,16+/m1/s1. The first-order chi connectivity index (χ1) is 12.6. The third-order valence-electron chi connectivity index (χ3n) is 5.28. The number of fused-ring (bicyclic) bond motifs is 4. The summed E-state index contributed by atoms with van der Waals surface area (Å²) in [6, 6.07) is 0.0962. The fraction of sp³-hybridized carbons (Fsp3) is 0.556. The molecule has 2 amide bonds. The van der Waals surface area contributed by atoms with Crippen molar-refractivity contribution in [1.29, 1.82) is 0 Å². The van der Waals surface area contributed by atoms with Gasteiger partial charge in [0.1, 0.15) is 0 Å². The maximum Gasteiger partial charge on any atom is 0.228 e. The minimum atomic E-state index is -0.0803. The van der Waals surface area contributed by atoms with E-state index in [1.165, 1.54) is 0 Å². The Morgan fingerprint density at radius 2 is 2.23 bits per heavy atom. The summed E-state index contributed by atoms with van der Waals surface area (Å²) in [5.74, 6) is 0.203. The first-order valence-electron chi connectivity index (χ1n) is 9.04. The molecule has 0 aromatic carbocycles. The summed E-state index contributed by atoms with van der Waals surface area (Å²) in [7, 11) is 0. The van der Waals surface area contributed by atoms with Crippen molar-refractivity contribution < 1.29 is 9.59 Å². The number of nitrogens with zero attached hydrogens (tertiary/aromatic N) is 5. The molecule has 2 aromatic rings. The molecule has 3 aliphatic rings. The van der Waals surface area contributed by atoms with Crippen molar-refractivity contribution in [2.24, 2.45) is 5.92 Å². The van der Waals surface area contributed by atoms with Crippen LogP contribution in [-0.4, -0.2) is 55.5 Å². The van der Waals surface area contributed by atoms with Crippen LogP contribution in [0.2, 0.25) is 0 Å². The normalized spacial score (nSPS) is 22.7. The predicted octanol–water partition coefficient (Wildman–Crippen LogP) is 1.69. The van der Waals surface area contributed by atoms with E-state index in [2.05, 4.69) is 10.1 Å². The van der Waals surface area contributed by atoms with Crippen LogP contribution in [-0.2, 0) is 22.7 Å². The summed E-state index contributed by atoms with van der Waals surface area (Å²) in [6.45, 7) is 4.29. The van der Waals surface area contributed by atoms with Gasteiger partial charge >= 0.3 is 0 Å². The number of carbonyl (C=O) groups excluding carboxylic acids is 2. The third kappa shape index (κ3) is 3.51. The lowest BCUT2D eigenvalue weighted by molar-refractivity contribution is -0.140. The van der Waals surface area contributed by atoms with Crippen LogP contribution in [0, 0.1) is 12.8 Å². The fourth-order valence-corrected chi connectivity index (χ4v) is 4.45. The van der Waals surface area contributed by atoms with Gasteiger partial charge in [-0.3, -0.25) is 14.3 Å². The Hall–Kier alpha value is -2.22. The van der Waals surface area contributed by atoms with E-state index in [0.717, 1.165) is 24.1 Å². The summed E-state index contributed by atoms with van der Waals surface area (Å²) in [5.41, 5.74) is 3.82. The second kappa shape index (κ2) is 7.19. The van der Waals surface area contributed by atoms with Crippen molar-refractivity contribution in [1.82, 2.24) is 24.6 Å². The second-order valence-electron chi connectivity index (χ2n) is 7.20. The first kappa shape index (κ1) is 17.2. The molecular weight excluding hydrogens is 350 g/mol. The van der Waals surface area contributed by atoms with E-state index in [-0.39, 0.29) is 23.8 Å². The molecule has 0 saturated carbocycles. The van der Waals surface area contributed by atoms with E-state index >= 15 is 0 Å². The van der Waals surface area contributed by atoms with E-state index in [1.54, 1.807) is 27.7 Å². The van der Waals surface area contributed by atoms with Crippen LogP contribution in [0.5, 0.6) is 0 Å². The minimum absolute atomic E-state index is 0.0803. The Kier molecular flexibility index (Phi) is 4.76. The van der Waals surface area contributed by atoms with Crippen LogP contribution >= 0.6 is 11.3 Å². The average Bonchev–Trinajstić information content (AvgIpc) is 3.21. The van der Waals surface area contributed by atoms with Crippen molar-refractivity contribution in [3.8, 4) is 0 Å². The lowest BCUT2D eigenvalue weighted by Crippen LogP contribution is -2.47. The topological polar surface area (TPSA) is 71.3 Å². The quantitative estimate of drug-likeness (QED) is 0.800. The SMILES string of the molecule is Cc1cnn(CCC(=O)N2C[C@H]3CC[C@@H](C2)N(Cc2cscn2)C3=O)c1. The molecule has 5 heterocycles.